The highest BCUT2D eigenvalue weighted by Gasteiger charge is 2.44. The average molecular weight is 1020 g/mol. The molecule has 0 spiro atoms. The van der Waals surface area contributed by atoms with Gasteiger partial charge in [0.05, 0.1) is 22.5 Å². The van der Waals surface area contributed by atoms with Crippen molar-refractivity contribution >= 4 is 79.9 Å². The average Bonchev–Trinajstić information content (AvgIpc) is 3.59. The number of carbonyl (C=O) groups excluding carboxylic acids is 4. The van der Waals surface area contributed by atoms with Gasteiger partial charge in [0.2, 0.25) is 0 Å². The fraction of sp³-hybridized carbons (Fsp3) is 0.114. The highest BCUT2D eigenvalue weighted by molar-refractivity contribution is 6.44. The molecule has 78 heavy (non-hydrogen) atoms. The lowest BCUT2D eigenvalue weighted by atomic mass is 9.78. The number of amides is 4. The number of para-hydroxylation sites is 4. The quantitative estimate of drug-likeness (QED) is 0.127. The zero-order chi connectivity index (χ0) is 54.0. The maximum absolute atomic E-state index is 15.7. The molecule has 0 unspecified atom stereocenters. The molecule has 0 saturated carbocycles. The largest absolute Gasteiger partial charge is 0.311 e. The van der Waals surface area contributed by atoms with Crippen LogP contribution in [-0.2, 0) is 10.8 Å². The molecule has 8 nitrogen and oxygen atoms in total. The van der Waals surface area contributed by atoms with Gasteiger partial charge in [-0.05, 0) is 153 Å². The van der Waals surface area contributed by atoms with Crippen LogP contribution in [0.5, 0.6) is 0 Å². The van der Waals surface area contributed by atoms with Crippen molar-refractivity contribution in [3.63, 3.8) is 0 Å². The maximum Gasteiger partial charge on any atom is 0.266 e. The molecule has 0 atom stereocenters. The van der Waals surface area contributed by atoms with E-state index in [4.69, 9.17) is 0 Å². The molecule has 0 aliphatic carbocycles. The van der Waals surface area contributed by atoms with E-state index in [-0.39, 0.29) is 43.9 Å². The van der Waals surface area contributed by atoms with Gasteiger partial charge in [0, 0.05) is 56.0 Å². The zero-order valence-corrected chi connectivity index (χ0v) is 44.4. The van der Waals surface area contributed by atoms with E-state index in [2.05, 4.69) is 99.9 Å². The first kappa shape index (κ1) is 49.2. The van der Waals surface area contributed by atoms with E-state index >= 15 is 19.2 Å². The normalized spacial score (nSPS) is 13.3. The van der Waals surface area contributed by atoms with E-state index in [0.717, 1.165) is 45.3 Å². The topological polar surface area (TPSA) is 81.2 Å². The molecule has 0 radical (unpaired) electrons. The summed E-state index contributed by atoms with van der Waals surface area (Å²) in [5.41, 5.74) is 11.2. The Morgan fingerprint density at radius 3 is 0.833 bits per heavy atom. The second kappa shape index (κ2) is 19.2. The van der Waals surface area contributed by atoms with Crippen molar-refractivity contribution in [3.8, 4) is 22.3 Å². The van der Waals surface area contributed by atoms with Crippen LogP contribution in [0.1, 0.15) is 94.1 Å². The summed E-state index contributed by atoms with van der Waals surface area (Å²) < 4.78 is 0. The minimum atomic E-state index is -0.556. The molecule has 8 heteroatoms. The van der Waals surface area contributed by atoms with Crippen molar-refractivity contribution in [1.29, 1.82) is 0 Å². The van der Waals surface area contributed by atoms with Crippen LogP contribution >= 0.6 is 0 Å². The smallest absolute Gasteiger partial charge is 0.266 e. The minimum Gasteiger partial charge on any atom is -0.311 e. The Balaban J connectivity index is 1.10. The molecule has 2 aliphatic rings. The molecule has 0 fully saturated rings. The van der Waals surface area contributed by atoms with Gasteiger partial charge in [0.15, 0.2) is 0 Å². The predicted octanol–water partition coefficient (Wildman–Crippen LogP) is 17.3. The third kappa shape index (κ3) is 8.52. The van der Waals surface area contributed by atoms with Gasteiger partial charge in [-0.15, -0.1) is 0 Å². The Morgan fingerprint density at radius 1 is 0.295 bits per heavy atom. The van der Waals surface area contributed by atoms with Crippen LogP contribution in [0.2, 0.25) is 0 Å². The number of nitrogens with zero attached hydrogens (tertiary/aromatic N) is 4. The number of benzene rings is 10. The van der Waals surface area contributed by atoms with Crippen LogP contribution in [0, 0.1) is 0 Å². The molecule has 0 bridgehead atoms. The fourth-order valence-electron chi connectivity index (χ4n) is 11.0. The molecule has 4 amide bonds. The highest BCUT2D eigenvalue weighted by Crippen LogP contribution is 2.49. The summed E-state index contributed by atoms with van der Waals surface area (Å²) in [7, 11) is 0. The first-order valence-corrected chi connectivity index (χ1v) is 26.3. The van der Waals surface area contributed by atoms with E-state index in [0.29, 0.717) is 33.6 Å². The molecular formula is C70H56N4O4. The van der Waals surface area contributed by atoms with Crippen molar-refractivity contribution in [3.05, 3.63) is 264 Å². The summed E-state index contributed by atoms with van der Waals surface area (Å²) >= 11 is 0. The van der Waals surface area contributed by atoms with Gasteiger partial charge in [-0.2, -0.15) is 0 Å². The van der Waals surface area contributed by atoms with Crippen molar-refractivity contribution < 1.29 is 19.2 Å². The first-order chi connectivity index (χ1) is 37.7. The third-order valence-electron chi connectivity index (χ3n) is 15.0. The summed E-state index contributed by atoms with van der Waals surface area (Å²) in [5.74, 6) is -2.22. The van der Waals surface area contributed by atoms with Gasteiger partial charge in [-0.1, -0.05) is 163 Å². The van der Waals surface area contributed by atoms with E-state index in [1.165, 1.54) is 9.80 Å². The number of imide groups is 2. The van der Waals surface area contributed by atoms with Gasteiger partial charge in [0.25, 0.3) is 23.6 Å². The van der Waals surface area contributed by atoms with Crippen LogP contribution in [0.15, 0.2) is 231 Å². The Bertz CT molecular complexity index is 3620. The third-order valence-corrected chi connectivity index (χ3v) is 15.0. The Kier molecular flexibility index (Phi) is 12.1. The predicted molar refractivity (Wildman–Crippen MR) is 317 cm³/mol. The van der Waals surface area contributed by atoms with Crippen LogP contribution in [0.3, 0.4) is 0 Å². The highest BCUT2D eigenvalue weighted by atomic mass is 16.2. The van der Waals surface area contributed by atoms with Crippen LogP contribution in [0.25, 0.3) is 33.0 Å². The van der Waals surface area contributed by atoms with E-state index in [1.54, 1.807) is 12.1 Å². The lowest BCUT2D eigenvalue weighted by molar-refractivity contribution is 0.0873. The number of hydrogen-bond acceptors (Lipinski definition) is 6. The van der Waals surface area contributed by atoms with Gasteiger partial charge in [0.1, 0.15) is 0 Å². The number of rotatable bonds is 10. The molecule has 380 valence electrons. The van der Waals surface area contributed by atoms with E-state index < -0.39 is 23.6 Å². The molecule has 12 rings (SSSR count). The molecule has 0 N–H and O–H groups in total. The van der Waals surface area contributed by atoms with E-state index in [9.17, 15) is 0 Å². The van der Waals surface area contributed by atoms with Crippen LogP contribution in [-0.4, -0.2) is 23.6 Å². The van der Waals surface area contributed by atoms with Crippen molar-refractivity contribution in [2.45, 2.75) is 52.4 Å². The van der Waals surface area contributed by atoms with Crippen LogP contribution in [0.4, 0.5) is 45.5 Å². The Hall–Kier alpha value is -9.66. The Labute approximate surface area is 455 Å². The van der Waals surface area contributed by atoms with Crippen molar-refractivity contribution in [2.24, 2.45) is 0 Å². The van der Waals surface area contributed by atoms with Crippen molar-refractivity contribution in [2.75, 3.05) is 19.6 Å². The lowest BCUT2D eigenvalue weighted by Crippen LogP contribution is -2.44. The van der Waals surface area contributed by atoms with Gasteiger partial charge >= 0.3 is 0 Å². The second-order valence-corrected chi connectivity index (χ2v) is 22.0. The molecule has 10 aromatic carbocycles. The SMILES string of the molecule is CC(C)(C)c1ccc(N2C(=O)c3cc(-c4ccc(N(c5ccccc5)c5ccccc5)cc4)c4c5c(cc(-c6ccc(N(c7ccccc7)c7ccccc7)cc6)c(c35)C2=O)C(=O)N(c2ccc(C(C)(C)C)cc2)C4=O)cc1. The first-order valence-electron chi connectivity index (χ1n) is 26.3. The molecule has 10 aromatic rings. The molecule has 0 aromatic heterocycles. The lowest BCUT2D eigenvalue weighted by Gasteiger charge is -2.35. The monoisotopic (exact) mass is 1020 g/mol. The molecule has 0 saturated heterocycles. The van der Waals surface area contributed by atoms with Crippen LogP contribution < -0.4 is 19.6 Å². The summed E-state index contributed by atoms with van der Waals surface area (Å²) in [5, 5.41) is 0.553. The fourth-order valence-corrected chi connectivity index (χ4v) is 11.0. The summed E-state index contributed by atoms with van der Waals surface area (Å²) in [6, 6.07) is 74.9. The van der Waals surface area contributed by atoms with Gasteiger partial charge < -0.3 is 9.80 Å². The molecular weight excluding hydrogens is 961 g/mol. The second-order valence-electron chi connectivity index (χ2n) is 22.0. The Morgan fingerprint density at radius 2 is 0.564 bits per heavy atom. The summed E-state index contributed by atoms with van der Waals surface area (Å²) in [6.07, 6.45) is 0. The summed E-state index contributed by atoms with van der Waals surface area (Å²) in [4.78, 5) is 69.4. The number of anilines is 8. The minimum absolute atomic E-state index is 0.186. The zero-order valence-electron chi connectivity index (χ0n) is 44.4. The van der Waals surface area contributed by atoms with Gasteiger partial charge in [-0.3, -0.25) is 19.2 Å². The number of hydrogen-bond donors (Lipinski definition) is 0. The van der Waals surface area contributed by atoms with Gasteiger partial charge in [-0.25, -0.2) is 9.80 Å². The van der Waals surface area contributed by atoms with Crippen molar-refractivity contribution in [1.82, 2.24) is 0 Å². The maximum atomic E-state index is 15.7. The standard InChI is InChI=1S/C70H56N4O4/c1-69(2,3)47-31-39-55(40-32-47)73-65(75)59-43-58(46-29-37-54(38-30-46)72(51-23-15-9-16-24-51)52-25-17-10-18-26-52)64-62-60(66(76)74(68(64)78)56-41-33-48(34-42-56)70(4,5)6)44-57(63(61(59)62)67(73)77)45-27-35-53(36-28-45)71(49-19-11-7-12-20-49)50-21-13-8-14-22-50/h7-44H,1-6H3. The number of carbonyl (C=O) groups is 4. The molecule has 2 aliphatic heterocycles. The summed E-state index contributed by atoms with van der Waals surface area (Å²) in [6.45, 7) is 12.7. The molecule has 2 heterocycles. The van der Waals surface area contributed by atoms with E-state index in [1.807, 2.05) is 170 Å².